The maximum absolute atomic E-state index is 12.3. The summed E-state index contributed by atoms with van der Waals surface area (Å²) < 4.78 is 24.6. The molecule has 0 aromatic rings. The van der Waals surface area contributed by atoms with Gasteiger partial charge in [0.15, 0.2) is 9.84 Å². The van der Waals surface area contributed by atoms with Crippen molar-refractivity contribution in [3.05, 3.63) is 12.2 Å². The number of aliphatic carboxylic acids is 1. The Hall–Kier alpha value is -0.920. The van der Waals surface area contributed by atoms with Gasteiger partial charge in [0.2, 0.25) is 0 Å². The van der Waals surface area contributed by atoms with Crippen molar-refractivity contribution >= 4 is 15.8 Å². The monoisotopic (exact) mass is 390 g/mol. The van der Waals surface area contributed by atoms with E-state index >= 15 is 0 Å². The molecule has 1 saturated heterocycles. The Balaban J connectivity index is 2.52. The Morgan fingerprint density at radius 1 is 1.15 bits per heavy atom. The molecule has 1 heterocycles. The largest absolute Gasteiger partial charge is 0.481 e. The number of hydrogen-bond donors (Lipinski definition) is 3. The molecular weight excluding hydrogens is 356 g/mol. The van der Waals surface area contributed by atoms with Crippen LogP contribution >= 0.6 is 0 Å². The SMILES string of the molecule is CCCCCC(O)/C=C/C1C(O)CS(=O)(=O)C1CCCCCCC(=O)O. The average Bonchev–Trinajstić information content (AvgIpc) is 2.77. The van der Waals surface area contributed by atoms with Gasteiger partial charge in [-0.1, -0.05) is 57.6 Å². The Labute approximate surface area is 157 Å². The van der Waals surface area contributed by atoms with E-state index in [2.05, 4.69) is 6.92 Å². The van der Waals surface area contributed by atoms with Crippen LogP contribution < -0.4 is 0 Å². The number of rotatable bonds is 13. The van der Waals surface area contributed by atoms with Crippen LogP contribution in [0.25, 0.3) is 0 Å². The molecule has 0 radical (unpaired) electrons. The number of carbonyl (C=O) groups is 1. The lowest BCUT2D eigenvalue weighted by atomic mass is 9.94. The molecule has 26 heavy (non-hydrogen) atoms. The van der Waals surface area contributed by atoms with Crippen LogP contribution in [0.1, 0.15) is 71.1 Å². The first-order chi connectivity index (χ1) is 12.3. The number of unbranched alkanes of at least 4 members (excludes halogenated alkanes) is 5. The molecule has 0 spiro atoms. The summed E-state index contributed by atoms with van der Waals surface area (Å²) in [5, 5.41) is 28.1. The lowest BCUT2D eigenvalue weighted by Crippen LogP contribution is -2.24. The van der Waals surface area contributed by atoms with Gasteiger partial charge in [-0.15, -0.1) is 0 Å². The maximum Gasteiger partial charge on any atom is 0.303 e. The van der Waals surface area contributed by atoms with Gasteiger partial charge in [-0.25, -0.2) is 8.42 Å². The Bertz CT molecular complexity index is 542. The molecule has 0 saturated carbocycles. The van der Waals surface area contributed by atoms with E-state index in [0.29, 0.717) is 25.7 Å². The molecule has 1 rings (SSSR count). The summed E-state index contributed by atoms with van der Waals surface area (Å²) in [6.07, 6.45) is 8.93. The summed E-state index contributed by atoms with van der Waals surface area (Å²) in [7, 11) is -3.34. The van der Waals surface area contributed by atoms with Crippen molar-refractivity contribution in [3.63, 3.8) is 0 Å². The topological polar surface area (TPSA) is 112 Å². The fourth-order valence-electron chi connectivity index (χ4n) is 3.52. The van der Waals surface area contributed by atoms with E-state index in [1.165, 1.54) is 0 Å². The van der Waals surface area contributed by atoms with Crippen LogP contribution in [0.4, 0.5) is 0 Å². The second-order valence-corrected chi connectivity index (χ2v) is 9.57. The predicted octanol–water partition coefficient (Wildman–Crippen LogP) is 2.68. The fraction of sp³-hybridized carbons (Fsp3) is 0.842. The third kappa shape index (κ3) is 8.18. The summed E-state index contributed by atoms with van der Waals surface area (Å²) in [4.78, 5) is 10.5. The van der Waals surface area contributed by atoms with Crippen LogP contribution in [-0.4, -0.2) is 52.9 Å². The van der Waals surface area contributed by atoms with E-state index in [-0.39, 0.29) is 12.2 Å². The van der Waals surface area contributed by atoms with Crippen molar-refractivity contribution in [1.82, 2.24) is 0 Å². The van der Waals surface area contributed by atoms with Gasteiger partial charge < -0.3 is 15.3 Å². The minimum Gasteiger partial charge on any atom is -0.481 e. The predicted molar refractivity (Wildman–Crippen MR) is 102 cm³/mol. The van der Waals surface area contributed by atoms with Crippen LogP contribution in [0.15, 0.2) is 12.2 Å². The Morgan fingerprint density at radius 2 is 1.85 bits per heavy atom. The van der Waals surface area contributed by atoms with Crippen molar-refractivity contribution in [1.29, 1.82) is 0 Å². The number of sulfone groups is 1. The summed E-state index contributed by atoms with van der Waals surface area (Å²) in [5.41, 5.74) is 0. The standard InChI is InChI=1S/C19H34O6S/c1-2-3-6-9-15(20)12-13-16-17(21)14-26(24,25)18(16)10-7-4-5-8-11-19(22)23/h12-13,15-18,20-21H,2-11,14H2,1H3,(H,22,23)/b13-12+. The molecule has 1 fully saturated rings. The van der Waals surface area contributed by atoms with Gasteiger partial charge in [-0.05, 0) is 19.3 Å². The number of carboxylic acids is 1. The van der Waals surface area contributed by atoms with Crippen molar-refractivity contribution in [2.24, 2.45) is 5.92 Å². The molecule has 0 aromatic carbocycles. The van der Waals surface area contributed by atoms with Crippen molar-refractivity contribution < 1.29 is 28.5 Å². The van der Waals surface area contributed by atoms with Crippen molar-refractivity contribution in [2.45, 2.75) is 88.6 Å². The van der Waals surface area contributed by atoms with Gasteiger partial charge in [-0.3, -0.25) is 4.79 Å². The van der Waals surface area contributed by atoms with E-state index in [1.807, 2.05) is 0 Å². The zero-order valence-electron chi connectivity index (χ0n) is 15.7. The zero-order valence-corrected chi connectivity index (χ0v) is 16.5. The van der Waals surface area contributed by atoms with Gasteiger partial charge in [0, 0.05) is 12.3 Å². The molecule has 0 aromatic heterocycles. The highest BCUT2D eigenvalue weighted by Crippen LogP contribution is 2.32. The highest BCUT2D eigenvalue weighted by atomic mass is 32.2. The lowest BCUT2D eigenvalue weighted by Gasteiger charge is -2.17. The minimum absolute atomic E-state index is 0.141. The van der Waals surface area contributed by atoms with Crippen LogP contribution in [0, 0.1) is 5.92 Å². The molecule has 152 valence electrons. The maximum atomic E-state index is 12.3. The van der Waals surface area contributed by atoms with Crippen molar-refractivity contribution in [2.75, 3.05) is 5.75 Å². The second kappa shape index (κ2) is 11.7. The lowest BCUT2D eigenvalue weighted by molar-refractivity contribution is -0.137. The summed E-state index contributed by atoms with van der Waals surface area (Å²) in [6, 6.07) is 0. The van der Waals surface area contributed by atoms with Gasteiger partial charge >= 0.3 is 5.97 Å². The van der Waals surface area contributed by atoms with Crippen LogP contribution in [0.3, 0.4) is 0 Å². The van der Waals surface area contributed by atoms with Gasteiger partial charge in [0.1, 0.15) is 0 Å². The smallest absolute Gasteiger partial charge is 0.303 e. The molecule has 0 amide bonds. The molecule has 7 heteroatoms. The van der Waals surface area contributed by atoms with Crippen molar-refractivity contribution in [3.8, 4) is 0 Å². The Morgan fingerprint density at radius 3 is 2.50 bits per heavy atom. The van der Waals surface area contributed by atoms with Gasteiger partial charge in [0.25, 0.3) is 0 Å². The molecule has 1 aliphatic rings. The fourth-order valence-corrected chi connectivity index (χ4v) is 5.74. The quantitative estimate of drug-likeness (QED) is 0.329. The summed E-state index contributed by atoms with van der Waals surface area (Å²) in [6.45, 7) is 2.09. The van der Waals surface area contributed by atoms with E-state index in [9.17, 15) is 23.4 Å². The molecule has 0 aliphatic carbocycles. The van der Waals surface area contributed by atoms with E-state index in [1.54, 1.807) is 12.2 Å². The highest BCUT2D eigenvalue weighted by molar-refractivity contribution is 7.92. The van der Waals surface area contributed by atoms with Crippen LogP contribution in [0.2, 0.25) is 0 Å². The zero-order chi connectivity index (χ0) is 19.6. The summed E-state index contributed by atoms with van der Waals surface area (Å²) >= 11 is 0. The normalized spacial score (nSPS) is 26.3. The van der Waals surface area contributed by atoms with E-state index < -0.39 is 39.2 Å². The highest BCUT2D eigenvalue weighted by Gasteiger charge is 2.44. The summed E-state index contributed by atoms with van der Waals surface area (Å²) in [5.74, 6) is -1.51. The molecule has 3 N–H and O–H groups in total. The number of carboxylic acid groups (broad SMARTS) is 1. The van der Waals surface area contributed by atoms with Gasteiger partial charge in [-0.2, -0.15) is 0 Å². The van der Waals surface area contributed by atoms with Crippen LogP contribution in [-0.2, 0) is 14.6 Å². The molecule has 4 atom stereocenters. The van der Waals surface area contributed by atoms with E-state index in [0.717, 1.165) is 32.1 Å². The average molecular weight is 391 g/mol. The molecular formula is C19H34O6S. The second-order valence-electron chi connectivity index (χ2n) is 7.31. The number of aliphatic hydroxyl groups excluding tert-OH is 2. The van der Waals surface area contributed by atoms with Crippen LogP contribution in [0.5, 0.6) is 0 Å². The molecule has 1 aliphatic heterocycles. The number of hydrogen-bond acceptors (Lipinski definition) is 5. The minimum atomic E-state index is -3.34. The Kier molecular flexibility index (Phi) is 10.4. The van der Waals surface area contributed by atoms with E-state index in [4.69, 9.17) is 5.11 Å². The first kappa shape index (κ1) is 23.1. The molecule has 6 nitrogen and oxygen atoms in total. The number of aliphatic hydroxyl groups is 2. The molecule has 4 unspecified atom stereocenters. The third-order valence-electron chi connectivity index (χ3n) is 5.03. The van der Waals surface area contributed by atoms with Gasteiger partial charge in [0.05, 0.1) is 23.2 Å². The first-order valence-corrected chi connectivity index (χ1v) is 11.5. The molecule has 0 bridgehead atoms. The first-order valence-electron chi connectivity index (χ1n) is 9.75. The third-order valence-corrected chi connectivity index (χ3v) is 7.30.